The molecule has 2 bridgehead atoms. The van der Waals surface area contributed by atoms with Gasteiger partial charge in [0.1, 0.15) is 5.25 Å². The average molecular weight is 415 g/mol. The molecule has 0 amide bonds. The van der Waals surface area contributed by atoms with Crippen LogP contribution in [0.2, 0.25) is 0 Å². The van der Waals surface area contributed by atoms with Crippen LogP contribution in [0.15, 0.2) is 0 Å². The summed E-state index contributed by atoms with van der Waals surface area (Å²) in [6, 6.07) is 0. The highest BCUT2D eigenvalue weighted by molar-refractivity contribution is 7.98. The van der Waals surface area contributed by atoms with Gasteiger partial charge in [-0.2, -0.15) is 13.2 Å². The normalized spacial score (nSPS) is 32.0. The van der Waals surface area contributed by atoms with E-state index in [0.29, 0.717) is 21.9 Å². The fraction of sp³-hybridized carbons (Fsp3) is 0.824. The predicted molar refractivity (Wildman–Crippen MR) is 95.4 cm³/mol. The van der Waals surface area contributed by atoms with Crippen LogP contribution < -0.4 is 0 Å². The molecule has 0 aromatic rings. The Bertz CT molecular complexity index is 601. The number of rotatable bonds is 2. The van der Waals surface area contributed by atoms with Gasteiger partial charge in [-0.05, 0) is 55.3 Å². The van der Waals surface area contributed by atoms with E-state index < -0.39 is 15.6 Å². The standard InChI is InChI=1S/C14H23OS.C2H2.CHF3O3S/c1-16(13-5-3-2-4-12(13)15)14-9-10-6-7-11(14)8-10;1-2;2-1(3,4)8(5,6)7/h10-11,13-14H,2-9H2,1H3;1-2H;(H,5,6,7)/q+1;;/p-1. The molecule has 0 N–H and O–H groups in total. The van der Waals surface area contributed by atoms with Crippen LogP contribution in [0.4, 0.5) is 13.2 Å². The summed E-state index contributed by atoms with van der Waals surface area (Å²) in [5.74, 6) is 2.62. The monoisotopic (exact) mass is 414 g/mol. The molecule has 3 aliphatic rings. The van der Waals surface area contributed by atoms with Crippen molar-refractivity contribution in [2.75, 3.05) is 6.26 Å². The smallest absolute Gasteiger partial charge is 0.485 e. The summed E-state index contributed by atoms with van der Waals surface area (Å²) >= 11 is 0. The number of fused-ring (bicyclic) bond motifs is 2. The van der Waals surface area contributed by atoms with Crippen molar-refractivity contribution in [1.82, 2.24) is 0 Å². The summed E-state index contributed by atoms with van der Waals surface area (Å²) in [4.78, 5) is 12.0. The SMILES string of the molecule is C#C.C[S+](C1CCCCC1=O)C1CC2CCC1C2.O=S(=O)([O-])C(F)(F)F. The summed E-state index contributed by atoms with van der Waals surface area (Å²) in [5.41, 5.74) is -5.65. The van der Waals surface area contributed by atoms with E-state index in [-0.39, 0.29) is 0 Å². The highest BCUT2D eigenvalue weighted by Gasteiger charge is 2.51. The van der Waals surface area contributed by atoms with Crippen LogP contribution >= 0.6 is 0 Å². The Morgan fingerprint density at radius 3 is 2.08 bits per heavy atom. The number of hydrogen-bond donors (Lipinski definition) is 0. The van der Waals surface area contributed by atoms with Gasteiger partial charge in [-0.15, -0.1) is 12.8 Å². The molecule has 5 unspecified atom stereocenters. The molecule has 0 heterocycles. The van der Waals surface area contributed by atoms with Crippen molar-refractivity contribution in [3.05, 3.63) is 0 Å². The van der Waals surface area contributed by atoms with Gasteiger partial charge in [0.05, 0.1) is 6.26 Å². The maximum Gasteiger partial charge on any atom is 0.485 e. The molecule has 3 rings (SSSR count). The van der Waals surface area contributed by atoms with Crippen molar-refractivity contribution >= 4 is 26.8 Å². The molecule has 26 heavy (non-hydrogen) atoms. The van der Waals surface area contributed by atoms with Gasteiger partial charge in [0.15, 0.2) is 21.2 Å². The van der Waals surface area contributed by atoms with Crippen LogP contribution in [0.25, 0.3) is 0 Å². The molecule has 0 aromatic heterocycles. The number of hydrogen-bond acceptors (Lipinski definition) is 4. The van der Waals surface area contributed by atoms with Crippen molar-refractivity contribution < 1.29 is 30.9 Å². The topological polar surface area (TPSA) is 74.3 Å². The van der Waals surface area contributed by atoms with Crippen LogP contribution in [0.3, 0.4) is 0 Å². The van der Waals surface area contributed by atoms with Crippen LogP contribution in [-0.4, -0.2) is 41.0 Å². The average Bonchev–Trinajstić information content (AvgIpc) is 3.18. The molecule has 9 heteroatoms. The molecule has 5 atom stereocenters. The Kier molecular flexibility index (Phi) is 8.49. The highest BCUT2D eigenvalue weighted by atomic mass is 32.2. The Hall–Kier alpha value is -0.720. The largest absolute Gasteiger partial charge is 0.741 e. The number of halogens is 3. The number of terminal acetylenes is 1. The molecule has 0 aliphatic heterocycles. The van der Waals surface area contributed by atoms with Gasteiger partial charge in [-0.3, -0.25) is 4.79 Å². The minimum atomic E-state index is -6.09. The summed E-state index contributed by atoms with van der Waals surface area (Å²) in [6.07, 6.45) is 20.8. The Morgan fingerprint density at radius 2 is 1.69 bits per heavy atom. The highest BCUT2D eigenvalue weighted by Crippen LogP contribution is 2.48. The minimum Gasteiger partial charge on any atom is -0.741 e. The zero-order valence-corrected chi connectivity index (χ0v) is 16.3. The first kappa shape index (κ1) is 23.3. The van der Waals surface area contributed by atoms with Crippen molar-refractivity contribution in [3.63, 3.8) is 0 Å². The van der Waals surface area contributed by atoms with Crippen LogP contribution in [0, 0.1) is 24.7 Å². The minimum absolute atomic E-state index is 0.389. The van der Waals surface area contributed by atoms with E-state index in [1.807, 2.05) is 0 Å². The first-order chi connectivity index (χ1) is 12.0. The van der Waals surface area contributed by atoms with Crippen molar-refractivity contribution in [2.24, 2.45) is 11.8 Å². The summed E-state index contributed by atoms with van der Waals surface area (Å²) in [5, 5.41) is 1.38. The van der Waals surface area contributed by atoms with Crippen molar-refractivity contribution in [2.45, 2.75) is 67.4 Å². The lowest BCUT2D eigenvalue weighted by Crippen LogP contribution is -2.41. The fourth-order valence-electron chi connectivity index (χ4n) is 4.20. The van der Waals surface area contributed by atoms with E-state index in [9.17, 15) is 18.0 Å². The molecular formula is C17H25F3O4S2. The number of alkyl halides is 3. The molecule has 150 valence electrons. The second-order valence-electron chi connectivity index (χ2n) is 6.92. The summed E-state index contributed by atoms with van der Waals surface area (Å²) in [6.45, 7) is 0. The molecule has 0 radical (unpaired) electrons. The van der Waals surface area contributed by atoms with Gasteiger partial charge < -0.3 is 4.55 Å². The Balaban J connectivity index is 0.000000290. The van der Waals surface area contributed by atoms with Crippen molar-refractivity contribution in [3.8, 4) is 12.8 Å². The first-order valence-electron chi connectivity index (χ1n) is 8.52. The zero-order valence-electron chi connectivity index (χ0n) is 14.7. The summed E-state index contributed by atoms with van der Waals surface area (Å²) < 4.78 is 58.9. The van der Waals surface area contributed by atoms with Gasteiger partial charge in [0, 0.05) is 18.8 Å². The third-order valence-corrected chi connectivity index (χ3v) is 8.88. The Morgan fingerprint density at radius 1 is 1.12 bits per heavy atom. The van der Waals surface area contributed by atoms with Gasteiger partial charge in [0.25, 0.3) is 0 Å². The number of ketones is 1. The predicted octanol–water partition coefficient (Wildman–Crippen LogP) is 3.24. The van der Waals surface area contributed by atoms with E-state index in [2.05, 4.69) is 19.1 Å². The third kappa shape index (κ3) is 5.89. The van der Waals surface area contributed by atoms with Crippen LogP contribution in [-0.2, 0) is 25.8 Å². The lowest BCUT2D eigenvalue weighted by atomic mass is 9.99. The first-order valence-corrected chi connectivity index (χ1v) is 11.7. The molecule has 0 aromatic carbocycles. The van der Waals surface area contributed by atoms with Gasteiger partial charge in [0.2, 0.25) is 0 Å². The second-order valence-corrected chi connectivity index (χ2v) is 10.7. The molecule has 3 aliphatic carbocycles. The zero-order chi connectivity index (χ0) is 20.1. The van der Waals surface area contributed by atoms with E-state index in [4.69, 9.17) is 13.0 Å². The van der Waals surface area contributed by atoms with Crippen LogP contribution in [0.5, 0.6) is 0 Å². The lowest BCUT2D eigenvalue weighted by molar-refractivity contribution is -0.119. The number of carbonyl (C=O) groups excluding carboxylic acids is 1. The molecule has 0 saturated heterocycles. The maximum atomic E-state index is 12.0. The van der Waals surface area contributed by atoms with Crippen molar-refractivity contribution in [1.29, 1.82) is 0 Å². The molecule has 4 nitrogen and oxygen atoms in total. The van der Waals surface area contributed by atoms with E-state index in [0.717, 1.165) is 29.9 Å². The van der Waals surface area contributed by atoms with E-state index in [1.165, 1.54) is 38.5 Å². The number of carbonyl (C=O) groups is 1. The summed E-state index contributed by atoms with van der Waals surface area (Å²) in [7, 11) is -5.70. The Labute approximate surface area is 156 Å². The maximum absolute atomic E-state index is 12.0. The van der Waals surface area contributed by atoms with E-state index in [1.54, 1.807) is 0 Å². The molecule has 0 spiro atoms. The third-order valence-electron chi connectivity index (χ3n) is 5.38. The lowest BCUT2D eigenvalue weighted by Gasteiger charge is -2.27. The fourth-order valence-corrected chi connectivity index (χ4v) is 7.12. The van der Waals surface area contributed by atoms with Gasteiger partial charge in [-0.25, -0.2) is 8.42 Å². The molecular weight excluding hydrogens is 389 g/mol. The second kappa shape index (κ2) is 9.47. The molecule has 3 saturated carbocycles. The van der Waals surface area contributed by atoms with E-state index >= 15 is 0 Å². The van der Waals surface area contributed by atoms with Gasteiger partial charge >= 0.3 is 5.51 Å². The quantitative estimate of drug-likeness (QED) is 0.301. The van der Waals surface area contributed by atoms with Crippen LogP contribution in [0.1, 0.15) is 51.4 Å². The van der Waals surface area contributed by atoms with Gasteiger partial charge in [-0.1, -0.05) is 0 Å². The molecule has 3 fully saturated rings. The number of Topliss-reactive ketones (excluding diaryl/α,β-unsaturated/α-hetero) is 1.